The smallest absolute Gasteiger partial charge is 0.231 e. The maximum atomic E-state index is 13.5. The molecule has 0 saturated carbocycles. The van der Waals surface area contributed by atoms with Gasteiger partial charge < -0.3 is 9.42 Å². The van der Waals surface area contributed by atoms with Crippen molar-refractivity contribution >= 4 is 15.9 Å². The lowest BCUT2D eigenvalue weighted by molar-refractivity contribution is -0.138. The third-order valence-electron chi connectivity index (χ3n) is 5.88. The van der Waals surface area contributed by atoms with Gasteiger partial charge in [-0.3, -0.25) is 4.79 Å². The minimum absolute atomic E-state index is 0.0615. The fraction of sp³-hybridized carbons (Fsp3) is 0.550. The first-order valence-corrected chi connectivity index (χ1v) is 12.0. The van der Waals surface area contributed by atoms with Gasteiger partial charge in [-0.2, -0.15) is 4.98 Å². The van der Waals surface area contributed by atoms with E-state index in [0.29, 0.717) is 56.3 Å². The van der Waals surface area contributed by atoms with E-state index in [1.54, 1.807) is 12.1 Å². The van der Waals surface area contributed by atoms with E-state index in [4.69, 9.17) is 4.52 Å². The van der Waals surface area contributed by atoms with Crippen molar-refractivity contribution in [3.05, 3.63) is 36.0 Å². The molecule has 30 heavy (non-hydrogen) atoms. The number of hydrogen-bond acceptors (Lipinski definition) is 6. The van der Waals surface area contributed by atoms with Crippen molar-refractivity contribution in [1.82, 2.24) is 19.3 Å². The number of hydrogen-bond donors (Lipinski definition) is 0. The van der Waals surface area contributed by atoms with E-state index in [9.17, 15) is 17.6 Å². The third-order valence-corrected chi connectivity index (χ3v) is 7.18. The monoisotopic (exact) mass is 436 g/mol. The van der Waals surface area contributed by atoms with Crippen LogP contribution in [0.1, 0.15) is 37.5 Å². The van der Waals surface area contributed by atoms with Gasteiger partial charge in [-0.15, -0.1) is 0 Å². The van der Waals surface area contributed by atoms with Gasteiger partial charge in [0.2, 0.25) is 27.6 Å². The highest BCUT2D eigenvalue weighted by Crippen LogP contribution is 2.30. The average molecular weight is 437 g/mol. The van der Waals surface area contributed by atoms with Crippen molar-refractivity contribution in [3.63, 3.8) is 0 Å². The van der Waals surface area contributed by atoms with Crippen molar-refractivity contribution in [1.29, 1.82) is 0 Å². The van der Waals surface area contributed by atoms with Gasteiger partial charge in [0, 0.05) is 37.7 Å². The normalized spacial score (nSPS) is 21.7. The summed E-state index contributed by atoms with van der Waals surface area (Å²) in [6.45, 7) is 1.93. The summed E-state index contributed by atoms with van der Waals surface area (Å²) in [7, 11) is -3.21. The Hall–Kier alpha value is -2.33. The molecule has 2 saturated heterocycles. The summed E-state index contributed by atoms with van der Waals surface area (Å²) in [5.41, 5.74) is 0.548. The first-order valence-electron chi connectivity index (χ1n) is 10.1. The van der Waals surface area contributed by atoms with Crippen molar-refractivity contribution in [2.75, 3.05) is 32.4 Å². The van der Waals surface area contributed by atoms with Gasteiger partial charge in [0.05, 0.1) is 12.2 Å². The summed E-state index contributed by atoms with van der Waals surface area (Å²) in [5.74, 6) is 0.272. The number of halogens is 1. The molecule has 0 N–H and O–H groups in total. The second kappa shape index (κ2) is 8.43. The van der Waals surface area contributed by atoms with E-state index < -0.39 is 10.0 Å². The van der Waals surface area contributed by atoms with Crippen LogP contribution in [-0.4, -0.2) is 66.1 Å². The summed E-state index contributed by atoms with van der Waals surface area (Å²) in [6, 6.07) is 6.03. The fourth-order valence-electron chi connectivity index (χ4n) is 4.22. The molecule has 162 valence electrons. The Balaban J connectivity index is 1.40. The van der Waals surface area contributed by atoms with Crippen LogP contribution >= 0.6 is 0 Å². The van der Waals surface area contributed by atoms with Crippen LogP contribution in [0.3, 0.4) is 0 Å². The van der Waals surface area contributed by atoms with E-state index in [1.807, 2.05) is 4.90 Å². The molecule has 1 unspecified atom stereocenters. The van der Waals surface area contributed by atoms with Crippen LogP contribution in [0.5, 0.6) is 0 Å². The predicted octanol–water partition coefficient (Wildman–Crippen LogP) is 2.25. The minimum atomic E-state index is -3.21. The van der Waals surface area contributed by atoms with Crippen molar-refractivity contribution in [2.24, 2.45) is 5.92 Å². The number of likely N-dealkylation sites (tertiary alicyclic amines) is 1. The molecule has 1 aromatic heterocycles. The molecule has 0 radical (unpaired) electrons. The molecule has 0 bridgehead atoms. The largest absolute Gasteiger partial charge is 0.342 e. The number of carbonyl (C=O) groups excluding carboxylic acids is 1. The molecule has 2 aromatic rings. The molecular weight excluding hydrogens is 411 g/mol. The van der Waals surface area contributed by atoms with Gasteiger partial charge in [-0.1, -0.05) is 17.3 Å². The van der Waals surface area contributed by atoms with Crippen LogP contribution in [0.2, 0.25) is 0 Å². The van der Waals surface area contributed by atoms with Gasteiger partial charge in [0.25, 0.3) is 0 Å². The van der Waals surface area contributed by atoms with Crippen LogP contribution in [-0.2, 0) is 14.8 Å². The Kier molecular flexibility index (Phi) is 5.88. The first kappa shape index (κ1) is 20.9. The minimum Gasteiger partial charge on any atom is -0.342 e. The lowest BCUT2D eigenvalue weighted by Crippen LogP contribution is -2.46. The number of carbonyl (C=O) groups is 1. The molecule has 1 aromatic carbocycles. The fourth-order valence-corrected chi connectivity index (χ4v) is 5.09. The Labute approximate surface area is 175 Å². The third kappa shape index (κ3) is 4.54. The van der Waals surface area contributed by atoms with Crippen LogP contribution in [0.25, 0.3) is 11.4 Å². The zero-order valence-electron chi connectivity index (χ0n) is 16.8. The van der Waals surface area contributed by atoms with E-state index in [2.05, 4.69) is 10.1 Å². The second-order valence-electron chi connectivity index (χ2n) is 8.03. The number of aromatic nitrogens is 2. The van der Waals surface area contributed by atoms with Crippen LogP contribution in [0, 0.1) is 11.7 Å². The number of rotatable bonds is 4. The van der Waals surface area contributed by atoms with Gasteiger partial charge in [-0.05, 0) is 37.8 Å². The van der Waals surface area contributed by atoms with Crippen molar-refractivity contribution in [2.45, 2.75) is 31.6 Å². The molecule has 0 spiro atoms. The molecule has 3 heterocycles. The van der Waals surface area contributed by atoms with Crippen LogP contribution in [0.4, 0.5) is 4.39 Å². The van der Waals surface area contributed by atoms with E-state index in [1.165, 1.54) is 22.7 Å². The highest BCUT2D eigenvalue weighted by Gasteiger charge is 2.35. The Morgan fingerprint density at radius 1 is 1.20 bits per heavy atom. The summed E-state index contributed by atoms with van der Waals surface area (Å²) in [6.07, 6.45) is 3.94. The van der Waals surface area contributed by atoms with Crippen LogP contribution in [0.15, 0.2) is 28.8 Å². The molecule has 4 rings (SSSR count). The number of amides is 1. The Bertz CT molecular complexity index is 1020. The molecule has 2 aliphatic heterocycles. The summed E-state index contributed by atoms with van der Waals surface area (Å²) in [4.78, 5) is 19.3. The maximum absolute atomic E-state index is 13.5. The summed E-state index contributed by atoms with van der Waals surface area (Å²) < 4.78 is 43.7. The number of nitrogens with zero attached hydrogens (tertiary/aromatic N) is 4. The van der Waals surface area contributed by atoms with E-state index in [0.717, 1.165) is 12.8 Å². The average Bonchev–Trinajstić information content (AvgIpc) is 3.23. The van der Waals surface area contributed by atoms with Gasteiger partial charge in [-0.25, -0.2) is 17.1 Å². The molecule has 1 atom stereocenters. The molecule has 0 aliphatic carbocycles. The molecule has 1 amide bonds. The Morgan fingerprint density at radius 2 is 1.97 bits per heavy atom. The number of benzene rings is 1. The highest BCUT2D eigenvalue weighted by molar-refractivity contribution is 7.88. The highest BCUT2D eigenvalue weighted by atomic mass is 32.2. The lowest BCUT2D eigenvalue weighted by Gasteiger charge is -2.36. The first-order chi connectivity index (χ1) is 14.3. The molecule has 10 heteroatoms. The standard InChI is InChI=1S/C20H25FN4O4S/c1-30(27,28)25-10-7-14(8-11-25)20(26)24-9-3-5-16(13-24)19-22-18(23-29-19)15-4-2-6-17(21)12-15/h2,4,6,12,14,16H,3,5,7-11,13H2,1H3. The summed E-state index contributed by atoms with van der Waals surface area (Å²) >= 11 is 0. The van der Waals surface area contributed by atoms with Crippen LogP contribution < -0.4 is 0 Å². The Morgan fingerprint density at radius 3 is 2.67 bits per heavy atom. The van der Waals surface area contributed by atoms with Gasteiger partial charge in [0.15, 0.2) is 0 Å². The topological polar surface area (TPSA) is 96.6 Å². The molecule has 8 nitrogen and oxygen atoms in total. The number of piperidine rings is 2. The SMILES string of the molecule is CS(=O)(=O)N1CCC(C(=O)N2CCCC(c3nc(-c4cccc(F)c4)no3)C2)CC1. The van der Waals surface area contributed by atoms with Crippen molar-refractivity contribution < 1.29 is 22.1 Å². The quantitative estimate of drug-likeness (QED) is 0.729. The molecule has 2 aliphatic rings. The van der Waals surface area contributed by atoms with Gasteiger partial charge >= 0.3 is 0 Å². The second-order valence-corrected chi connectivity index (χ2v) is 10.0. The predicted molar refractivity (Wildman–Crippen MR) is 107 cm³/mol. The molecular formula is C20H25FN4O4S. The van der Waals surface area contributed by atoms with Crippen molar-refractivity contribution in [3.8, 4) is 11.4 Å². The zero-order valence-corrected chi connectivity index (χ0v) is 17.6. The lowest BCUT2D eigenvalue weighted by atomic mass is 9.93. The zero-order chi connectivity index (χ0) is 21.3. The van der Waals surface area contributed by atoms with E-state index in [-0.39, 0.29) is 23.6 Å². The van der Waals surface area contributed by atoms with E-state index >= 15 is 0 Å². The molecule has 2 fully saturated rings. The maximum Gasteiger partial charge on any atom is 0.231 e. The number of sulfonamides is 1. The summed E-state index contributed by atoms with van der Waals surface area (Å²) in [5, 5.41) is 3.98. The van der Waals surface area contributed by atoms with Gasteiger partial charge in [0.1, 0.15) is 5.82 Å².